The average Bonchev–Trinajstić information content (AvgIpc) is 1.92. The maximum atomic E-state index is 12.0. The summed E-state index contributed by atoms with van der Waals surface area (Å²) in [5.74, 6) is -0.999. The van der Waals surface area contributed by atoms with E-state index >= 15 is 0 Å². The maximum Gasteiger partial charge on any atom is 0.412 e. The summed E-state index contributed by atoms with van der Waals surface area (Å²) in [4.78, 5) is 10.7. The molecule has 6 heteroatoms. The van der Waals surface area contributed by atoms with E-state index in [0.29, 0.717) is 0 Å². The zero-order valence-corrected chi connectivity index (χ0v) is 6.40. The van der Waals surface area contributed by atoms with Crippen LogP contribution in [0.1, 0.15) is 6.92 Å². The summed E-state index contributed by atoms with van der Waals surface area (Å²) in [5.41, 5.74) is 0. The molecule has 1 aliphatic rings. The van der Waals surface area contributed by atoms with Gasteiger partial charge in [0.1, 0.15) is 0 Å². The van der Waals surface area contributed by atoms with Crippen molar-refractivity contribution in [2.75, 3.05) is 6.54 Å². The number of carbonyl (C=O) groups excluding carboxylic acids is 1. The summed E-state index contributed by atoms with van der Waals surface area (Å²) >= 11 is 0. The zero-order chi connectivity index (χ0) is 9.35. The van der Waals surface area contributed by atoms with Gasteiger partial charge in [0.05, 0.1) is 0 Å². The van der Waals surface area contributed by atoms with Crippen molar-refractivity contribution >= 4 is 5.91 Å². The van der Waals surface area contributed by atoms with Crippen LogP contribution in [0.15, 0.2) is 0 Å². The monoisotopic (exact) mass is 182 g/mol. The lowest BCUT2D eigenvalue weighted by Crippen LogP contribution is -2.62. The molecular weight excluding hydrogens is 173 g/mol. The Labute approximate surface area is 67.3 Å². The lowest BCUT2D eigenvalue weighted by molar-refractivity contribution is -0.172. The maximum absolute atomic E-state index is 12.0. The van der Waals surface area contributed by atoms with Crippen molar-refractivity contribution in [2.24, 2.45) is 0 Å². The minimum atomic E-state index is -4.50. The van der Waals surface area contributed by atoms with Crippen molar-refractivity contribution < 1.29 is 18.0 Å². The van der Waals surface area contributed by atoms with Crippen LogP contribution in [0.2, 0.25) is 0 Å². The third-order valence-electron chi connectivity index (χ3n) is 1.62. The molecule has 2 unspecified atom stereocenters. The summed E-state index contributed by atoms with van der Waals surface area (Å²) in [6.45, 7) is 1.82. The highest BCUT2D eigenvalue weighted by atomic mass is 19.4. The van der Waals surface area contributed by atoms with Crippen LogP contribution in [0, 0.1) is 0 Å². The molecule has 3 nitrogen and oxygen atoms in total. The normalized spacial score (nSPS) is 31.5. The summed E-state index contributed by atoms with van der Waals surface area (Å²) in [6.07, 6.45) is -4.50. The Bertz CT molecular complexity index is 192. The second-order valence-electron chi connectivity index (χ2n) is 2.79. The number of carbonyl (C=O) groups is 1. The van der Waals surface area contributed by atoms with Gasteiger partial charge in [-0.15, -0.1) is 0 Å². The topological polar surface area (TPSA) is 41.1 Å². The van der Waals surface area contributed by atoms with Crippen LogP contribution >= 0.6 is 0 Å². The predicted molar refractivity (Wildman–Crippen MR) is 35.5 cm³/mol. The van der Waals surface area contributed by atoms with E-state index in [0.717, 1.165) is 0 Å². The summed E-state index contributed by atoms with van der Waals surface area (Å²) < 4.78 is 36.1. The smallest absolute Gasteiger partial charge is 0.353 e. The van der Waals surface area contributed by atoms with E-state index in [1.165, 1.54) is 0 Å². The van der Waals surface area contributed by atoms with Crippen LogP contribution in [-0.4, -0.2) is 30.7 Å². The zero-order valence-electron chi connectivity index (χ0n) is 6.40. The van der Waals surface area contributed by atoms with Gasteiger partial charge in [-0.2, -0.15) is 13.2 Å². The third-order valence-corrected chi connectivity index (χ3v) is 1.62. The van der Waals surface area contributed by atoms with Crippen molar-refractivity contribution in [2.45, 2.75) is 25.2 Å². The fraction of sp³-hybridized carbons (Fsp3) is 0.833. The fourth-order valence-corrected chi connectivity index (χ4v) is 1.02. The number of rotatable bonds is 0. The molecule has 0 aromatic heterocycles. The lowest BCUT2D eigenvalue weighted by atomic mass is 10.1. The van der Waals surface area contributed by atoms with Gasteiger partial charge in [-0.25, -0.2) is 0 Å². The number of amides is 1. The van der Waals surface area contributed by atoms with Crippen LogP contribution in [-0.2, 0) is 4.79 Å². The SMILES string of the molecule is CC1CNC(=O)C(C(F)(F)F)N1. The molecule has 0 aromatic carbocycles. The van der Waals surface area contributed by atoms with Gasteiger partial charge in [0, 0.05) is 12.6 Å². The Morgan fingerprint density at radius 2 is 2.08 bits per heavy atom. The Morgan fingerprint density at radius 1 is 1.50 bits per heavy atom. The van der Waals surface area contributed by atoms with Crippen LogP contribution in [0.5, 0.6) is 0 Å². The standard InChI is InChI=1S/C6H9F3N2O/c1-3-2-10-5(12)4(11-3)6(7,8)9/h3-4,11H,2H2,1H3,(H,10,12). The van der Waals surface area contributed by atoms with Crippen LogP contribution in [0.25, 0.3) is 0 Å². The van der Waals surface area contributed by atoms with Gasteiger partial charge < -0.3 is 5.32 Å². The van der Waals surface area contributed by atoms with Gasteiger partial charge in [-0.3, -0.25) is 10.1 Å². The molecule has 2 atom stereocenters. The largest absolute Gasteiger partial charge is 0.412 e. The fourth-order valence-electron chi connectivity index (χ4n) is 1.02. The van der Waals surface area contributed by atoms with E-state index in [1.54, 1.807) is 6.92 Å². The molecule has 1 amide bonds. The second kappa shape index (κ2) is 2.93. The van der Waals surface area contributed by atoms with E-state index in [-0.39, 0.29) is 12.6 Å². The highest BCUT2D eigenvalue weighted by Crippen LogP contribution is 2.21. The lowest BCUT2D eigenvalue weighted by Gasteiger charge is -2.29. The van der Waals surface area contributed by atoms with E-state index in [1.807, 2.05) is 0 Å². The molecule has 1 aliphatic heterocycles. The van der Waals surface area contributed by atoms with Crippen molar-refractivity contribution in [3.8, 4) is 0 Å². The van der Waals surface area contributed by atoms with Gasteiger partial charge in [0.2, 0.25) is 5.91 Å². The third kappa shape index (κ3) is 1.88. The first kappa shape index (κ1) is 9.31. The van der Waals surface area contributed by atoms with E-state index in [9.17, 15) is 18.0 Å². The molecule has 1 saturated heterocycles. The Kier molecular flexibility index (Phi) is 2.27. The van der Waals surface area contributed by atoms with Gasteiger partial charge >= 0.3 is 6.18 Å². The predicted octanol–water partition coefficient (Wildman–Crippen LogP) is 0.0252. The number of hydrogen-bond donors (Lipinski definition) is 2. The van der Waals surface area contributed by atoms with Crippen molar-refractivity contribution in [3.05, 3.63) is 0 Å². The first-order chi connectivity index (χ1) is 5.41. The molecule has 1 heterocycles. The molecule has 1 fully saturated rings. The van der Waals surface area contributed by atoms with E-state index < -0.39 is 18.1 Å². The van der Waals surface area contributed by atoms with Gasteiger partial charge in [-0.1, -0.05) is 0 Å². The number of hydrogen-bond acceptors (Lipinski definition) is 2. The first-order valence-corrected chi connectivity index (χ1v) is 3.51. The molecule has 1 rings (SSSR count). The summed E-state index contributed by atoms with van der Waals surface area (Å²) in [7, 11) is 0. The molecule has 0 aromatic rings. The van der Waals surface area contributed by atoms with E-state index in [4.69, 9.17) is 0 Å². The van der Waals surface area contributed by atoms with Gasteiger partial charge in [0.25, 0.3) is 0 Å². The van der Waals surface area contributed by atoms with E-state index in [2.05, 4.69) is 10.6 Å². The van der Waals surface area contributed by atoms with Crippen molar-refractivity contribution in [3.63, 3.8) is 0 Å². The first-order valence-electron chi connectivity index (χ1n) is 3.51. The number of nitrogens with one attached hydrogen (secondary N) is 2. The van der Waals surface area contributed by atoms with Gasteiger partial charge in [-0.05, 0) is 6.92 Å². The number of halogens is 3. The molecule has 2 N–H and O–H groups in total. The molecule has 0 saturated carbocycles. The molecule has 12 heavy (non-hydrogen) atoms. The minimum Gasteiger partial charge on any atom is -0.353 e. The molecule has 0 spiro atoms. The molecule has 70 valence electrons. The summed E-state index contributed by atoms with van der Waals surface area (Å²) in [5, 5.41) is 4.34. The molecule has 0 aliphatic carbocycles. The minimum absolute atomic E-state index is 0.241. The average molecular weight is 182 g/mol. The highest BCUT2D eigenvalue weighted by Gasteiger charge is 2.46. The van der Waals surface area contributed by atoms with Crippen molar-refractivity contribution in [1.29, 1.82) is 0 Å². The highest BCUT2D eigenvalue weighted by molar-refractivity contribution is 5.83. The van der Waals surface area contributed by atoms with Crippen LogP contribution in [0.4, 0.5) is 13.2 Å². The Hall–Kier alpha value is -0.780. The van der Waals surface area contributed by atoms with Crippen LogP contribution < -0.4 is 10.6 Å². The Balaban J connectivity index is 2.68. The number of alkyl halides is 3. The second-order valence-corrected chi connectivity index (χ2v) is 2.79. The number of piperazine rings is 1. The van der Waals surface area contributed by atoms with Crippen molar-refractivity contribution in [1.82, 2.24) is 10.6 Å². The Morgan fingerprint density at radius 3 is 2.50 bits per heavy atom. The van der Waals surface area contributed by atoms with Crippen LogP contribution in [0.3, 0.4) is 0 Å². The summed E-state index contributed by atoms with van der Waals surface area (Å²) in [6, 6.07) is -2.39. The molecule has 0 bridgehead atoms. The van der Waals surface area contributed by atoms with Gasteiger partial charge in [0.15, 0.2) is 6.04 Å². The quantitative estimate of drug-likeness (QED) is 0.554. The molecular formula is C6H9F3N2O. The molecule has 0 radical (unpaired) electrons.